The van der Waals surface area contributed by atoms with Gasteiger partial charge in [0.05, 0.1) is 6.61 Å². The number of nitrogens with two attached hydrogens (primary N) is 1. The van der Waals surface area contributed by atoms with Gasteiger partial charge < -0.3 is 15.4 Å². The van der Waals surface area contributed by atoms with Crippen molar-refractivity contribution in [3.8, 4) is 0 Å². The molecule has 3 fully saturated rings. The summed E-state index contributed by atoms with van der Waals surface area (Å²) >= 11 is 0. The van der Waals surface area contributed by atoms with Gasteiger partial charge in [0.2, 0.25) is 5.91 Å². The molecule has 1 spiro atoms. The van der Waals surface area contributed by atoms with Gasteiger partial charge in [0.25, 0.3) is 0 Å². The van der Waals surface area contributed by atoms with Crippen molar-refractivity contribution in [2.45, 2.75) is 57.4 Å². The van der Waals surface area contributed by atoms with Gasteiger partial charge >= 0.3 is 0 Å². The molecular weight excluding hydrogens is 288 g/mol. The number of ether oxygens (including phenoxy) is 1. The lowest BCUT2D eigenvalue weighted by atomic mass is 9.75. The summed E-state index contributed by atoms with van der Waals surface area (Å²) in [5.41, 5.74) is 6.36. The summed E-state index contributed by atoms with van der Waals surface area (Å²) in [5.74, 6) is 0.750. The zero-order valence-corrected chi connectivity index (χ0v) is 13.7. The molecule has 1 saturated carbocycles. The SMILES string of the molecule is Cl.N[C@@H]1CCC[C@H]1CC(=O)N1CCCC2(CCCOC2)C1. The summed E-state index contributed by atoms with van der Waals surface area (Å²) in [6, 6.07) is 0.246. The second-order valence-electron chi connectivity index (χ2n) is 7.13. The van der Waals surface area contributed by atoms with Gasteiger partial charge in [-0.1, -0.05) is 6.42 Å². The molecule has 2 aliphatic heterocycles. The Labute approximate surface area is 134 Å². The minimum Gasteiger partial charge on any atom is -0.381 e. The number of halogens is 1. The molecule has 1 amide bonds. The van der Waals surface area contributed by atoms with E-state index >= 15 is 0 Å². The van der Waals surface area contributed by atoms with Crippen molar-refractivity contribution in [2.75, 3.05) is 26.3 Å². The van der Waals surface area contributed by atoms with Crippen molar-refractivity contribution in [3.63, 3.8) is 0 Å². The minimum absolute atomic E-state index is 0. The molecule has 21 heavy (non-hydrogen) atoms. The van der Waals surface area contributed by atoms with E-state index in [1.165, 1.54) is 19.3 Å². The van der Waals surface area contributed by atoms with Crippen LogP contribution in [0.4, 0.5) is 0 Å². The van der Waals surface area contributed by atoms with Crippen LogP contribution in [0.25, 0.3) is 0 Å². The topological polar surface area (TPSA) is 55.6 Å². The second-order valence-corrected chi connectivity index (χ2v) is 7.13. The Bertz CT molecular complexity index is 353. The highest BCUT2D eigenvalue weighted by molar-refractivity contribution is 5.85. The van der Waals surface area contributed by atoms with Crippen LogP contribution in [-0.4, -0.2) is 43.2 Å². The number of hydrogen-bond acceptors (Lipinski definition) is 3. The molecule has 2 heterocycles. The first kappa shape index (κ1) is 17.0. The molecule has 2 N–H and O–H groups in total. The summed E-state index contributed by atoms with van der Waals surface area (Å²) in [5, 5.41) is 0. The fourth-order valence-corrected chi connectivity index (χ4v) is 4.33. The van der Waals surface area contributed by atoms with Crippen LogP contribution in [-0.2, 0) is 9.53 Å². The molecule has 0 aromatic heterocycles. The molecule has 4 nitrogen and oxygen atoms in total. The molecule has 1 unspecified atom stereocenters. The monoisotopic (exact) mass is 316 g/mol. The number of carbonyl (C=O) groups excluding carboxylic acids is 1. The Morgan fingerprint density at radius 3 is 2.71 bits per heavy atom. The Kier molecular flexibility index (Phi) is 5.92. The van der Waals surface area contributed by atoms with Gasteiger partial charge in [-0.15, -0.1) is 12.4 Å². The van der Waals surface area contributed by atoms with Crippen LogP contribution < -0.4 is 5.73 Å². The molecule has 2 saturated heterocycles. The number of hydrogen-bond donors (Lipinski definition) is 1. The van der Waals surface area contributed by atoms with Crippen molar-refractivity contribution in [1.29, 1.82) is 0 Å². The maximum atomic E-state index is 12.6. The van der Waals surface area contributed by atoms with Crippen LogP contribution in [0.5, 0.6) is 0 Å². The van der Waals surface area contributed by atoms with E-state index in [2.05, 4.69) is 4.90 Å². The van der Waals surface area contributed by atoms with Crippen molar-refractivity contribution in [2.24, 2.45) is 17.1 Å². The highest BCUT2D eigenvalue weighted by Crippen LogP contribution is 2.38. The summed E-state index contributed by atoms with van der Waals surface area (Å²) in [6.45, 7) is 3.59. The maximum absolute atomic E-state index is 12.6. The molecule has 122 valence electrons. The Morgan fingerprint density at radius 2 is 2.05 bits per heavy atom. The number of nitrogens with zero attached hydrogens (tertiary/aromatic N) is 1. The van der Waals surface area contributed by atoms with E-state index in [4.69, 9.17) is 10.5 Å². The van der Waals surface area contributed by atoms with E-state index in [1.807, 2.05) is 0 Å². The third kappa shape index (κ3) is 3.91. The average Bonchev–Trinajstić information content (AvgIpc) is 2.85. The fourth-order valence-electron chi connectivity index (χ4n) is 4.33. The van der Waals surface area contributed by atoms with Crippen molar-refractivity contribution in [1.82, 2.24) is 4.90 Å². The molecule has 0 bridgehead atoms. The van der Waals surface area contributed by atoms with Crippen molar-refractivity contribution < 1.29 is 9.53 Å². The van der Waals surface area contributed by atoms with E-state index in [-0.39, 0.29) is 23.9 Å². The predicted octanol–water partition coefficient (Wildman–Crippen LogP) is 2.34. The average molecular weight is 317 g/mol. The summed E-state index contributed by atoms with van der Waals surface area (Å²) in [7, 11) is 0. The number of piperidine rings is 1. The molecule has 0 radical (unpaired) electrons. The van der Waals surface area contributed by atoms with Gasteiger partial charge in [-0.3, -0.25) is 4.79 Å². The summed E-state index contributed by atoms with van der Waals surface area (Å²) in [4.78, 5) is 14.7. The Morgan fingerprint density at radius 1 is 1.24 bits per heavy atom. The van der Waals surface area contributed by atoms with E-state index in [0.717, 1.165) is 52.0 Å². The molecule has 3 aliphatic rings. The quantitative estimate of drug-likeness (QED) is 0.850. The zero-order valence-electron chi connectivity index (χ0n) is 12.9. The number of amides is 1. The fraction of sp³-hybridized carbons (Fsp3) is 0.938. The minimum atomic E-state index is 0. The van der Waals surface area contributed by atoms with E-state index < -0.39 is 0 Å². The molecule has 3 atom stereocenters. The molecule has 3 rings (SSSR count). The molecule has 1 aliphatic carbocycles. The lowest BCUT2D eigenvalue weighted by Gasteiger charge is -2.45. The van der Waals surface area contributed by atoms with Gasteiger partial charge in [-0.25, -0.2) is 0 Å². The highest BCUT2D eigenvalue weighted by atomic mass is 35.5. The number of likely N-dealkylation sites (tertiary alicyclic amines) is 1. The first-order valence-corrected chi connectivity index (χ1v) is 8.30. The second kappa shape index (κ2) is 7.30. The van der Waals surface area contributed by atoms with Crippen molar-refractivity contribution in [3.05, 3.63) is 0 Å². The standard InChI is InChI=1S/C16H28N2O2.ClH/c17-14-5-1-4-13(14)10-15(19)18-8-2-6-16(11-18)7-3-9-20-12-16;/h13-14H,1-12,17H2;1H/t13-,14+,16?;/m0./s1. The summed E-state index contributed by atoms with van der Waals surface area (Å²) in [6.07, 6.45) is 8.81. The van der Waals surface area contributed by atoms with Crippen LogP contribution >= 0.6 is 12.4 Å². The molecular formula is C16H29ClN2O2. The highest BCUT2D eigenvalue weighted by Gasteiger charge is 2.39. The van der Waals surface area contributed by atoms with Crippen LogP contribution in [0.15, 0.2) is 0 Å². The van der Waals surface area contributed by atoms with Gasteiger partial charge in [-0.2, -0.15) is 0 Å². The van der Waals surface area contributed by atoms with Crippen LogP contribution in [0.1, 0.15) is 51.4 Å². The third-order valence-electron chi connectivity index (χ3n) is 5.57. The van der Waals surface area contributed by atoms with Crippen LogP contribution in [0.3, 0.4) is 0 Å². The maximum Gasteiger partial charge on any atom is 0.222 e. The Balaban J connectivity index is 0.00000161. The first-order chi connectivity index (χ1) is 9.69. The smallest absolute Gasteiger partial charge is 0.222 e. The van der Waals surface area contributed by atoms with Crippen LogP contribution in [0.2, 0.25) is 0 Å². The molecule has 0 aromatic rings. The van der Waals surface area contributed by atoms with Crippen molar-refractivity contribution >= 4 is 18.3 Å². The largest absolute Gasteiger partial charge is 0.381 e. The number of carbonyl (C=O) groups is 1. The normalized spacial score (nSPS) is 36.5. The van der Waals surface area contributed by atoms with E-state index in [1.54, 1.807) is 0 Å². The predicted molar refractivity (Wildman–Crippen MR) is 85.5 cm³/mol. The van der Waals surface area contributed by atoms with Gasteiger partial charge in [0, 0.05) is 37.6 Å². The van der Waals surface area contributed by atoms with E-state index in [0.29, 0.717) is 18.2 Å². The molecule has 0 aromatic carbocycles. The summed E-state index contributed by atoms with van der Waals surface area (Å²) < 4.78 is 5.68. The Hall–Kier alpha value is -0.320. The lowest BCUT2D eigenvalue weighted by molar-refractivity contribution is -0.139. The van der Waals surface area contributed by atoms with Gasteiger partial charge in [-0.05, 0) is 44.4 Å². The third-order valence-corrected chi connectivity index (χ3v) is 5.57. The van der Waals surface area contributed by atoms with Crippen LogP contribution in [0, 0.1) is 11.3 Å². The number of rotatable bonds is 2. The van der Waals surface area contributed by atoms with Gasteiger partial charge in [0.15, 0.2) is 0 Å². The van der Waals surface area contributed by atoms with Gasteiger partial charge in [0.1, 0.15) is 0 Å². The molecule has 5 heteroatoms. The van der Waals surface area contributed by atoms with E-state index in [9.17, 15) is 4.79 Å². The lowest BCUT2D eigenvalue weighted by Crippen LogP contribution is -2.50. The first-order valence-electron chi connectivity index (χ1n) is 8.30. The zero-order chi connectivity index (χ0) is 14.0.